The second-order valence-corrected chi connectivity index (χ2v) is 5.95. The van der Waals surface area contributed by atoms with E-state index in [1.807, 2.05) is 24.3 Å². The topological polar surface area (TPSA) is 67.4 Å². The van der Waals surface area contributed by atoms with Crippen LogP contribution in [-0.2, 0) is 16.0 Å². The second kappa shape index (κ2) is 9.10. The second-order valence-electron chi connectivity index (χ2n) is 5.95. The standard InChI is InChI=1S/C20H23FN2O3/c1-4-14-8-10-15(11-9-14)18(16-6-5-7-17(21)12-16)22-13(2)19(24)23-20(25)26-3/h5-13,18,22H,4H2,1-3H3,(H,23,24,25)/t13-,18-/m1/s1. The lowest BCUT2D eigenvalue weighted by molar-refractivity contribution is -0.122. The van der Waals surface area contributed by atoms with Gasteiger partial charge in [0.2, 0.25) is 5.91 Å². The SMILES string of the molecule is CCc1ccc([C@@H](N[C@H](C)C(=O)NC(=O)OC)c2cccc(F)c2)cc1. The van der Waals surface area contributed by atoms with Gasteiger partial charge in [0.15, 0.2) is 0 Å². The molecule has 0 saturated carbocycles. The van der Waals surface area contributed by atoms with Gasteiger partial charge in [-0.05, 0) is 42.2 Å². The Balaban J connectivity index is 2.28. The Hall–Kier alpha value is -2.73. The maximum Gasteiger partial charge on any atom is 0.413 e. The number of ether oxygens (including phenoxy) is 1. The molecular weight excluding hydrogens is 335 g/mol. The molecule has 0 radical (unpaired) electrons. The van der Waals surface area contributed by atoms with Crippen LogP contribution in [0.5, 0.6) is 0 Å². The first-order valence-corrected chi connectivity index (χ1v) is 8.43. The molecule has 2 rings (SSSR count). The summed E-state index contributed by atoms with van der Waals surface area (Å²) in [6.07, 6.45) is 0.0919. The van der Waals surface area contributed by atoms with E-state index in [2.05, 4.69) is 22.3 Å². The third-order valence-electron chi connectivity index (χ3n) is 4.12. The fraction of sp³-hybridized carbons (Fsp3) is 0.300. The predicted octanol–water partition coefficient (Wildman–Crippen LogP) is 3.34. The molecule has 0 bridgehead atoms. The number of halogens is 1. The molecule has 0 aliphatic carbocycles. The maximum atomic E-state index is 13.7. The van der Waals surface area contributed by atoms with E-state index in [1.54, 1.807) is 19.1 Å². The number of nitrogens with one attached hydrogen (secondary N) is 2. The van der Waals surface area contributed by atoms with Crippen LogP contribution in [-0.4, -0.2) is 25.2 Å². The summed E-state index contributed by atoms with van der Waals surface area (Å²) in [5, 5.41) is 5.29. The van der Waals surface area contributed by atoms with Gasteiger partial charge in [0.25, 0.3) is 0 Å². The van der Waals surface area contributed by atoms with Gasteiger partial charge in [0.05, 0.1) is 19.2 Å². The van der Waals surface area contributed by atoms with Gasteiger partial charge in [-0.15, -0.1) is 0 Å². The van der Waals surface area contributed by atoms with Gasteiger partial charge in [-0.25, -0.2) is 9.18 Å². The molecule has 0 aromatic heterocycles. The number of alkyl carbamates (subject to hydrolysis) is 1. The molecule has 0 spiro atoms. The molecule has 0 heterocycles. The van der Waals surface area contributed by atoms with E-state index in [9.17, 15) is 14.0 Å². The molecule has 0 aliphatic heterocycles. The van der Waals surface area contributed by atoms with Gasteiger partial charge in [-0.1, -0.05) is 43.3 Å². The van der Waals surface area contributed by atoms with E-state index in [0.29, 0.717) is 5.56 Å². The minimum Gasteiger partial charge on any atom is -0.453 e. The molecule has 5 nitrogen and oxygen atoms in total. The molecule has 0 saturated heterocycles. The summed E-state index contributed by atoms with van der Waals surface area (Å²) < 4.78 is 18.1. The zero-order valence-electron chi connectivity index (χ0n) is 15.1. The van der Waals surface area contributed by atoms with E-state index < -0.39 is 24.1 Å². The van der Waals surface area contributed by atoms with Crippen LogP contribution in [0.3, 0.4) is 0 Å². The zero-order valence-corrected chi connectivity index (χ0v) is 15.1. The zero-order chi connectivity index (χ0) is 19.1. The number of benzene rings is 2. The Kier molecular flexibility index (Phi) is 6.86. The number of imide groups is 1. The van der Waals surface area contributed by atoms with E-state index in [1.165, 1.54) is 24.8 Å². The fourth-order valence-electron chi connectivity index (χ4n) is 2.60. The Morgan fingerprint density at radius 1 is 1.12 bits per heavy atom. The number of methoxy groups -OCH3 is 1. The van der Waals surface area contributed by atoms with Crippen molar-refractivity contribution < 1.29 is 18.7 Å². The fourth-order valence-corrected chi connectivity index (χ4v) is 2.60. The highest BCUT2D eigenvalue weighted by molar-refractivity contribution is 5.94. The number of rotatable bonds is 6. The molecule has 2 aromatic rings. The number of hydrogen-bond donors (Lipinski definition) is 2. The van der Waals surface area contributed by atoms with Crippen molar-refractivity contribution in [1.29, 1.82) is 0 Å². The van der Waals surface area contributed by atoms with Gasteiger partial charge in [0, 0.05) is 0 Å². The summed E-state index contributed by atoms with van der Waals surface area (Å²) in [5.41, 5.74) is 2.76. The van der Waals surface area contributed by atoms with Crippen molar-refractivity contribution in [3.63, 3.8) is 0 Å². The van der Waals surface area contributed by atoms with Gasteiger partial charge in [-0.3, -0.25) is 15.4 Å². The van der Waals surface area contributed by atoms with Crippen LogP contribution in [0.2, 0.25) is 0 Å². The maximum absolute atomic E-state index is 13.7. The third-order valence-corrected chi connectivity index (χ3v) is 4.12. The normalized spacial score (nSPS) is 12.9. The average molecular weight is 358 g/mol. The summed E-state index contributed by atoms with van der Waals surface area (Å²) in [7, 11) is 1.19. The van der Waals surface area contributed by atoms with Crippen molar-refractivity contribution in [3.05, 3.63) is 71.0 Å². The first-order valence-electron chi connectivity index (χ1n) is 8.43. The number of carbonyl (C=O) groups is 2. The van der Waals surface area contributed by atoms with E-state index in [-0.39, 0.29) is 5.82 Å². The number of amides is 2. The Morgan fingerprint density at radius 2 is 1.81 bits per heavy atom. The van der Waals surface area contributed by atoms with Crippen LogP contribution in [0.25, 0.3) is 0 Å². The lowest BCUT2D eigenvalue weighted by Gasteiger charge is -2.24. The van der Waals surface area contributed by atoms with Crippen molar-refractivity contribution in [3.8, 4) is 0 Å². The van der Waals surface area contributed by atoms with Gasteiger partial charge in [-0.2, -0.15) is 0 Å². The van der Waals surface area contributed by atoms with Crippen molar-refractivity contribution in [2.45, 2.75) is 32.4 Å². The molecule has 0 aliphatic rings. The first kappa shape index (κ1) is 19.6. The van der Waals surface area contributed by atoms with Crippen LogP contribution in [0.1, 0.15) is 36.6 Å². The van der Waals surface area contributed by atoms with Gasteiger partial charge < -0.3 is 4.74 Å². The summed E-state index contributed by atoms with van der Waals surface area (Å²) in [6, 6.07) is 13.0. The third kappa shape index (κ3) is 5.13. The van der Waals surface area contributed by atoms with Crippen LogP contribution in [0.15, 0.2) is 48.5 Å². The first-order chi connectivity index (χ1) is 12.4. The molecule has 0 fully saturated rings. The quantitative estimate of drug-likeness (QED) is 0.831. The Labute approximate surface area is 152 Å². The van der Waals surface area contributed by atoms with Gasteiger partial charge >= 0.3 is 6.09 Å². The molecule has 26 heavy (non-hydrogen) atoms. The van der Waals surface area contributed by atoms with E-state index in [0.717, 1.165) is 12.0 Å². The van der Waals surface area contributed by atoms with Gasteiger partial charge in [0.1, 0.15) is 5.82 Å². The average Bonchev–Trinajstić information content (AvgIpc) is 2.65. The van der Waals surface area contributed by atoms with Crippen LogP contribution in [0.4, 0.5) is 9.18 Å². The van der Waals surface area contributed by atoms with Crippen molar-refractivity contribution in [2.24, 2.45) is 0 Å². The number of aryl methyl sites for hydroxylation is 1. The summed E-state index contributed by atoms with van der Waals surface area (Å²) in [6.45, 7) is 3.70. The minimum atomic E-state index is -0.821. The summed E-state index contributed by atoms with van der Waals surface area (Å²) in [5.74, 6) is -0.880. The smallest absolute Gasteiger partial charge is 0.413 e. The molecule has 138 valence electrons. The largest absolute Gasteiger partial charge is 0.453 e. The highest BCUT2D eigenvalue weighted by Crippen LogP contribution is 2.24. The summed E-state index contributed by atoms with van der Waals surface area (Å²) in [4.78, 5) is 23.4. The Morgan fingerprint density at radius 3 is 2.38 bits per heavy atom. The van der Waals surface area contributed by atoms with E-state index >= 15 is 0 Å². The molecule has 6 heteroatoms. The van der Waals surface area contributed by atoms with Crippen molar-refractivity contribution in [1.82, 2.24) is 10.6 Å². The molecule has 2 N–H and O–H groups in total. The number of carbonyl (C=O) groups excluding carboxylic acids is 2. The predicted molar refractivity (Wildman–Crippen MR) is 97.2 cm³/mol. The lowest BCUT2D eigenvalue weighted by atomic mass is 9.96. The molecule has 0 unspecified atom stereocenters. The number of hydrogen-bond acceptors (Lipinski definition) is 4. The summed E-state index contributed by atoms with van der Waals surface area (Å²) >= 11 is 0. The van der Waals surface area contributed by atoms with Crippen molar-refractivity contribution in [2.75, 3.05) is 7.11 Å². The van der Waals surface area contributed by atoms with Crippen LogP contribution in [0, 0.1) is 5.82 Å². The molecule has 2 amide bonds. The highest BCUT2D eigenvalue weighted by atomic mass is 19.1. The van der Waals surface area contributed by atoms with Crippen LogP contribution >= 0.6 is 0 Å². The molecular formula is C20H23FN2O3. The monoisotopic (exact) mass is 358 g/mol. The van der Waals surface area contributed by atoms with Crippen LogP contribution < -0.4 is 10.6 Å². The highest BCUT2D eigenvalue weighted by Gasteiger charge is 2.22. The lowest BCUT2D eigenvalue weighted by Crippen LogP contribution is -2.46. The van der Waals surface area contributed by atoms with E-state index in [4.69, 9.17) is 0 Å². The van der Waals surface area contributed by atoms with Crippen molar-refractivity contribution >= 4 is 12.0 Å². The minimum absolute atomic E-state index is 0.355. The Bertz CT molecular complexity index is 762. The molecule has 2 aromatic carbocycles. The molecule has 2 atom stereocenters.